The number of hydrogen-bond acceptors (Lipinski definition) is 3. The minimum atomic E-state index is -1.14. The van der Waals surface area contributed by atoms with Crippen molar-refractivity contribution in [3.63, 3.8) is 0 Å². The minimum Gasteiger partial charge on any atom is -0.476 e. The van der Waals surface area contributed by atoms with E-state index < -0.39 is 52.3 Å². The molecule has 7 heteroatoms. The standard InChI is InChI=1S/C31H24F3O3S/c1-31(2,18-17-22-9-5-3-6-10-22)37-29(35)21-36-30-27(33)19-26(20-28(30)34)38(24-11-7-4-8-12-24)25-15-13-23(32)14-16-25/h3-16,19-20H,21H2,1-2H3/q+1. The molecule has 0 spiro atoms. The van der Waals surface area contributed by atoms with Crippen molar-refractivity contribution >= 4 is 16.9 Å². The van der Waals surface area contributed by atoms with E-state index >= 15 is 8.78 Å². The molecular formula is C31H24F3O3S+. The predicted molar refractivity (Wildman–Crippen MR) is 140 cm³/mol. The molecule has 0 aliphatic heterocycles. The van der Waals surface area contributed by atoms with E-state index in [-0.39, 0.29) is 0 Å². The molecule has 192 valence electrons. The van der Waals surface area contributed by atoms with Gasteiger partial charge in [0.15, 0.2) is 44.3 Å². The molecular weight excluding hydrogens is 509 g/mol. The van der Waals surface area contributed by atoms with Gasteiger partial charge in [-0.25, -0.2) is 18.0 Å². The first-order valence-electron chi connectivity index (χ1n) is 11.7. The summed E-state index contributed by atoms with van der Waals surface area (Å²) < 4.78 is 54.2. The minimum absolute atomic E-state index is 0.338. The number of ether oxygens (including phenoxy) is 2. The average Bonchev–Trinajstić information content (AvgIpc) is 2.89. The maximum Gasteiger partial charge on any atom is 0.345 e. The lowest BCUT2D eigenvalue weighted by atomic mass is 10.1. The summed E-state index contributed by atoms with van der Waals surface area (Å²) in [6.45, 7) is 2.51. The molecule has 0 aliphatic rings. The first-order chi connectivity index (χ1) is 18.2. The van der Waals surface area contributed by atoms with Crippen molar-refractivity contribution in [3.8, 4) is 17.6 Å². The van der Waals surface area contributed by atoms with Crippen molar-refractivity contribution in [1.29, 1.82) is 0 Å². The number of rotatable bonds is 7. The van der Waals surface area contributed by atoms with Gasteiger partial charge in [0, 0.05) is 17.7 Å². The first kappa shape index (κ1) is 26.9. The van der Waals surface area contributed by atoms with Gasteiger partial charge in [-0.05, 0) is 62.4 Å². The third kappa shape index (κ3) is 6.99. The van der Waals surface area contributed by atoms with Crippen LogP contribution in [0.1, 0.15) is 19.4 Å². The van der Waals surface area contributed by atoms with Gasteiger partial charge in [0.2, 0.25) is 0 Å². The molecule has 3 nitrogen and oxygen atoms in total. The Hall–Kier alpha value is -4.15. The van der Waals surface area contributed by atoms with E-state index in [1.165, 1.54) is 24.3 Å². The molecule has 0 aromatic heterocycles. The quantitative estimate of drug-likeness (QED) is 0.147. The van der Waals surface area contributed by atoms with Gasteiger partial charge in [-0.1, -0.05) is 48.2 Å². The van der Waals surface area contributed by atoms with Crippen molar-refractivity contribution in [2.45, 2.75) is 34.1 Å². The molecule has 0 saturated carbocycles. The number of benzene rings is 4. The summed E-state index contributed by atoms with van der Waals surface area (Å²) in [6, 6.07) is 26.5. The van der Waals surface area contributed by atoms with Crippen molar-refractivity contribution in [2.24, 2.45) is 0 Å². The van der Waals surface area contributed by atoms with E-state index in [9.17, 15) is 9.18 Å². The van der Waals surface area contributed by atoms with Crippen LogP contribution in [0.25, 0.3) is 0 Å². The molecule has 1 atom stereocenters. The van der Waals surface area contributed by atoms with Gasteiger partial charge >= 0.3 is 5.97 Å². The maximum absolute atomic E-state index is 15.1. The number of carbonyl (C=O) groups excluding carboxylic acids is 1. The molecule has 0 heterocycles. The highest BCUT2D eigenvalue weighted by Crippen LogP contribution is 2.35. The van der Waals surface area contributed by atoms with E-state index in [2.05, 4.69) is 11.8 Å². The fraction of sp³-hybridized carbons (Fsp3) is 0.129. The van der Waals surface area contributed by atoms with Crippen LogP contribution in [0.5, 0.6) is 5.75 Å². The fourth-order valence-corrected chi connectivity index (χ4v) is 5.64. The number of carbonyl (C=O) groups is 1. The van der Waals surface area contributed by atoms with Crippen molar-refractivity contribution in [3.05, 3.63) is 120 Å². The maximum atomic E-state index is 15.1. The number of hydrogen-bond donors (Lipinski definition) is 0. The van der Waals surface area contributed by atoms with Crippen molar-refractivity contribution in [2.75, 3.05) is 6.61 Å². The third-order valence-corrected chi connectivity index (χ3v) is 7.41. The van der Waals surface area contributed by atoms with Crippen LogP contribution in [0.15, 0.2) is 112 Å². The summed E-state index contributed by atoms with van der Waals surface area (Å²) in [6.07, 6.45) is 0. The Labute approximate surface area is 222 Å². The van der Waals surface area contributed by atoms with E-state index in [1.807, 2.05) is 60.7 Å². The lowest BCUT2D eigenvalue weighted by Gasteiger charge is -2.19. The van der Waals surface area contributed by atoms with Gasteiger partial charge in [0.25, 0.3) is 0 Å². The Balaban J connectivity index is 1.50. The van der Waals surface area contributed by atoms with Gasteiger partial charge < -0.3 is 9.47 Å². The van der Waals surface area contributed by atoms with E-state index in [4.69, 9.17) is 9.47 Å². The highest BCUT2D eigenvalue weighted by Gasteiger charge is 2.31. The monoisotopic (exact) mass is 533 g/mol. The largest absolute Gasteiger partial charge is 0.476 e. The van der Waals surface area contributed by atoms with Crippen LogP contribution in [0.4, 0.5) is 13.2 Å². The molecule has 4 aromatic rings. The number of halogens is 3. The van der Waals surface area contributed by atoms with Gasteiger partial charge in [0.05, 0.1) is 10.9 Å². The van der Waals surface area contributed by atoms with Crippen molar-refractivity contribution in [1.82, 2.24) is 0 Å². The van der Waals surface area contributed by atoms with Crippen LogP contribution in [0.2, 0.25) is 0 Å². The van der Waals surface area contributed by atoms with Gasteiger partial charge in [-0.2, -0.15) is 0 Å². The lowest BCUT2D eigenvalue weighted by Crippen LogP contribution is -2.29. The summed E-state index contributed by atoms with van der Waals surface area (Å²) in [5, 5.41) is 0. The summed E-state index contributed by atoms with van der Waals surface area (Å²) in [7, 11) is -0.905. The zero-order valence-corrected chi connectivity index (χ0v) is 21.5. The Bertz CT molecular complexity index is 1440. The molecule has 1 unspecified atom stereocenters. The Morgan fingerprint density at radius 1 is 0.789 bits per heavy atom. The predicted octanol–water partition coefficient (Wildman–Crippen LogP) is 6.95. The molecule has 0 bridgehead atoms. The second-order valence-corrected chi connectivity index (χ2v) is 10.7. The van der Waals surface area contributed by atoms with Gasteiger partial charge in [0.1, 0.15) is 5.82 Å². The molecule has 0 saturated heterocycles. The third-order valence-electron chi connectivity index (χ3n) is 5.22. The lowest BCUT2D eigenvalue weighted by molar-refractivity contribution is -0.154. The fourth-order valence-electron chi connectivity index (χ4n) is 3.54. The first-order valence-corrected chi connectivity index (χ1v) is 12.9. The number of esters is 1. The molecule has 4 rings (SSSR count). The SMILES string of the molecule is CC(C)(C#Cc1ccccc1)OC(=O)COc1c(F)cc([S+](c2ccccc2)c2ccc(F)cc2)cc1F. The van der Waals surface area contributed by atoms with Crippen LogP contribution in [-0.2, 0) is 20.4 Å². The van der Waals surface area contributed by atoms with E-state index in [0.29, 0.717) is 9.79 Å². The molecule has 0 fully saturated rings. The van der Waals surface area contributed by atoms with E-state index in [0.717, 1.165) is 10.5 Å². The zero-order chi connectivity index (χ0) is 27.1. The van der Waals surface area contributed by atoms with Crippen molar-refractivity contribution < 1.29 is 27.4 Å². The summed E-state index contributed by atoms with van der Waals surface area (Å²) in [4.78, 5) is 14.2. The highest BCUT2D eigenvalue weighted by molar-refractivity contribution is 7.97. The van der Waals surface area contributed by atoms with Crippen LogP contribution >= 0.6 is 0 Å². The average molecular weight is 534 g/mol. The molecule has 0 amide bonds. The Kier molecular flexibility index (Phi) is 8.45. The molecule has 0 aliphatic carbocycles. The second kappa shape index (κ2) is 11.9. The zero-order valence-electron chi connectivity index (χ0n) is 20.7. The summed E-state index contributed by atoms with van der Waals surface area (Å²) >= 11 is 0. The van der Waals surface area contributed by atoms with Crippen LogP contribution in [-0.4, -0.2) is 18.2 Å². The molecule has 0 radical (unpaired) electrons. The Morgan fingerprint density at radius 2 is 1.34 bits per heavy atom. The van der Waals surface area contributed by atoms with E-state index in [1.54, 1.807) is 26.0 Å². The van der Waals surface area contributed by atoms with Crippen LogP contribution < -0.4 is 4.74 Å². The highest BCUT2D eigenvalue weighted by atomic mass is 32.2. The Morgan fingerprint density at radius 3 is 1.95 bits per heavy atom. The summed E-state index contributed by atoms with van der Waals surface area (Å²) in [5.74, 6) is 1.93. The normalized spacial score (nSPS) is 11.7. The second-order valence-electron chi connectivity index (χ2n) is 8.68. The molecule has 4 aromatic carbocycles. The van der Waals surface area contributed by atoms with Crippen LogP contribution in [0.3, 0.4) is 0 Å². The molecule has 0 N–H and O–H groups in total. The summed E-state index contributed by atoms with van der Waals surface area (Å²) in [5.41, 5.74) is -0.386. The van der Waals surface area contributed by atoms with Crippen LogP contribution in [0, 0.1) is 29.3 Å². The smallest absolute Gasteiger partial charge is 0.345 e. The topological polar surface area (TPSA) is 35.5 Å². The molecule has 38 heavy (non-hydrogen) atoms. The van der Waals surface area contributed by atoms with Gasteiger partial charge in [-0.3, -0.25) is 0 Å². The van der Waals surface area contributed by atoms with Gasteiger partial charge in [-0.15, -0.1) is 0 Å².